The maximum atomic E-state index is 13.2. The van der Waals surface area contributed by atoms with Gasteiger partial charge >= 0.3 is 0 Å². The highest BCUT2D eigenvalue weighted by Crippen LogP contribution is 2.32. The molecule has 0 saturated heterocycles. The Balaban J connectivity index is 2.34. The summed E-state index contributed by atoms with van der Waals surface area (Å²) in [5, 5.41) is 7.52. The minimum absolute atomic E-state index is 0.0123. The SMILES string of the molecule is CNc1nn2c(C)cc(COC)nc2c1S(=O)(=O)c1cccc(Cl)c1. The number of benzene rings is 1. The van der Waals surface area contributed by atoms with Crippen LogP contribution in [-0.2, 0) is 21.2 Å². The highest BCUT2D eigenvalue weighted by atomic mass is 35.5. The molecule has 25 heavy (non-hydrogen) atoms. The first kappa shape index (κ1) is 17.7. The molecule has 1 N–H and O–H groups in total. The predicted octanol–water partition coefficient (Wildman–Crippen LogP) is 2.71. The average Bonchev–Trinajstić information content (AvgIpc) is 2.95. The number of methoxy groups -OCH3 is 1. The van der Waals surface area contributed by atoms with Crippen LogP contribution in [0.25, 0.3) is 5.65 Å². The largest absolute Gasteiger partial charge is 0.378 e. The van der Waals surface area contributed by atoms with E-state index in [1.807, 2.05) is 6.92 Å². The molecular formula is C16H17ClN4O3S. The van der Waals surface area contributed by atoms with Gasteiger partial charge in [0.25, 0.3) is 0 Å². The van der Waals surface area contributed by atoms with Gasteiger partial charge in [0.05, 0.1) is 17.2 Å². The van der Waals surface area contributed by atoms with Gasteiger partial charge in [0, 0.05) is 24.9 Å². The summed E-state index contributed by atoms with van der Waals surface area (Å²) in [5.41, 5.74) is 1.62. The van der Waals surface area contributed by atoms with Gasteiger partial charge in [0.2, 0.25) is 9.84 Å². The third-order valence-corrected chi connectivity index (χ3v) is 5.71. The molecule has 7 nitrogen and oxygen atoms in total. The molecular weight excluding hydrogens is 364 g/mol. The summed E-state index contributed by atoms with van der Waals surface area (Å²) < 4.78 is 33.0. The lowest BCUT2D eigenvalue weighted by Gasteiger charge is -2.07. The topological polar surface area (TPSA) is 85.6 Å². The number of hydrogen-bond donors (Lipinski definition) is 1. The lowest BCUT2D eigenvalue weighted by molar-refractivity contribution is 0.181. The number of nitrogens with zero attached hydrogens (tertiary/aromatic N) is 3. The van der Waals surface area contributed by atoms with Crippen LogP contribution in [0, 0.1) is 6.92 Å². The molecule has 3 rings (SSSR count). The van der Waals surface area contributed by atoms with E-state index in [0.29, 0.717) is 10.7 Å². The van der Waals surface area contributed by atoms with Crippen molar-refractivity contribution >= 4 is 32.9 Å². The first-order valence-electron chi connectivity index (χ1n) is 7.45. The molecule has 0 saturated carbocycles. The minimum Gasteiger partial charge on any atom is -0.378 e. The van der Waals surface area contributed by atoms with Gasteiger partial charge in [0.1, 0.15) is 0 Å². The normalized spacial score (nSPS) is 11.8. The lowest BCUT2D eigenvalue weighted by Crippen LogP contribution is -2.06. The summed E-state index contributed by atoms with van der Waals surface area (Å²) >= 11 is 5.96. The van der Waals surface area contributed by atoms with Crippen molar-refractivity contribution in [3.8, 4) is 0 Å². The van der Waals surface area contributed by atoms with E-state index in [0.717, 1.165) is 5.69 Å². The van der Waals surface area contributed by atoms with Gasteiger partial charge in [-0.05, 0) is 31.2 Å². The van der Waals surface area contributed by atoms with E-state index in [9.17, 15) is 8.42 Å². The summed E-state index contributed by atoms with van der Waals surface area (Å²) in [6.45, 7) is 2.10. The van der Waals surface area contributed by atoms with E-state index in [4.69, 9.17) is 16.3 Å². The van der Waals surface area contributed by atoms with Gasteiger partial charge < -0.3 is 10.1 Å². The first-order chi connectivity index (χ1) is 11.9. The van der Waals surface area contributed by atoms with Crippen molar-refractivity contribution in [3.63, 3.8) is 0 Å². The van der Waals surface area contributed by atoms with Crippen LogP contribution in [0.2, 0.25) is 5.02 Å². The highest BCUT2D eigenvalue weighted by molar-refractivity contribution is 7.91. The van der Waals surface area contributed by atoms with Crippen molar-refractivity contribution in [1.29, 1.82) is 0 Å². The molecule has 0 unspecified atom stereocenters. The summed E-state index contributed by atoms with van der Waals surface area (Å²) in [6, 6.07) is 7.92. The Kier molecular flexibility index (Phi) is 4.68. The van der Waals surface area contributed by atoms with E-state index in [2.05, 4.69) is 15.4 Å². The van der Waals surface area contributed by atoms with E-state index < -0.39 is 9.84 Å². The van der Waals surface area contributed by atoms with Crippen molar-refractivity contribution < 1.29 is 13.2 Å². The van der Waals surface area contributed by atoms with Crippen LogP contribution in [-0.4, -0.2) is 37.2 Å². The summed E-state index contributed by atoms with van der Waals surface area (Å²) in [6.07, 6.45) is 0. The number of anilines is 1. The van der Waals surface area contributed by atoms with E-state index in [1.54, 1.807) is 32.4 Å². The van der Waals surface area contributed by atoms with E-state index in [-0.39, 0.29) is 27.9 Å². The summed E-state index contributed by atoms with van der Waals surface area (Å²) in [7, 11) is -0.699. The second-order valence-electron chi connectivity index (χ2n) is 5.45. The number of aryl methyl sites for hydroxylation is 1. The Morgan fingerprint density at radius 1 is 1.32 bits per heavy atom. The predicted molar refractivity (Wildman–Crippen MR) is 94.9 cm³/mol. The Morgan fingerprint density at radius 3 is 2.72 bits per heavy atom. The summed E-state index contributed by atoms with van der Waals surface area (Å²) in [5.74, 6) is 0.227. The molecule has 0 atom stereocenters. The fourth-order valence-corrected chi connectivity index (χ4v) is 4.39. The van der Waals surface area contributed by atoms with Gasteiger partial charge in [-0.1, -0.05) is 17.7 Å². The lowest BCUT2D eigenvalue weighted by atomic mass is 10.3. The number of rotatable bonds is 5. The quantitative estimate of drug-likeness (QED) is 0.732. The highest BCUT2D eigenvalue weighted by Gasteiger charge is 2.29. The zero-order valence-corrected chi connectivity index (χ0v) is 15.5. The van der Waals surface area contributed by atoms with E-state index >= 15 is 0 Å². The van der Waals surface area contributed by atoms with Crippen LogP contribution >= 0.6 is 11.6 Å². The molecule has 2 aromatic heterocycles. The van der Waals surface area contributed by atoms with Gasteiger partial charge in [0.15, 0.2) is 16.4 Å². The number of halogens is 1. The Bertz CT molecular complexity index is 1050. The fraction of sp³-hybridized carbons (Fsp3) is 0.250. The van der Waals surface area contributed by atoms with Crippen LogP contribution in [0.15, 0.2) is 40.1 Å². The molecule has 2 heterocycles. The van der Waals surface area contributed by atoms with Crippen LogP contribution in [0.5, 0.6) is 0 Å². The second-order valence-corrected chi connectivity index (χ2v) is 7.77. The van der Waals surface area contributed by atoms with Gasteiger partial charge in [-0.25, -0.2) is 17.9 Å². The first-order valence-corrected chi connectivity index (χ1v) is 9.31. The second kappa shape index (κ2) is 6.62. The third-order valence-electron chi connectivity index (χ3n) is 3.68. The van der Waals surface area contributed by atoms with Crippen molar-refractivity contribution in [2.24, 2.45) is 0 Å². The number of hydrogen-bond acceptors (Lipinski definition) is 6. The standard InChI is InChI=1S/C16H17ClN4O3S/c1-10-7-12(9-24-3)19-16-14(15(18-2)20-21(10)16)25(22,23)13-6-4-5-11(17)8-13/h4-8H,9H2,1-3H3,(H,18,20). The molecule has 0 spiro atoms. The van der Waals surface area contributed by atoms with Crippen LogP contribution in [0.1, 0.15) is 11.4 Å². The van der Waals surface area contributed by atoms with Crippen LogP contribution < -0.4 is 5.32 Å². The average molecular weight is 381 g/mol. The molecule has 0 aliphatic rings. The monoisotopic (exact) mass is 380 g/mol. The fourth-order valence-electron chi connectivity index (χ4n) is 2.59. The number of sulfone groups is 1. The number of ether oxygens (including phenoxy) is 1. The van der Waals surface area contributed by atoms with Crippen molar-refractivity contribution in [2.75, 3.05) is 19.5 Å². The van der Waals surface area contributed by atoms with Crippen molar-refractivity contribution in [1.82, 2.24) is 14.6 Å². The number of nitrogens with one attached hydrogen (secondary N) is 1. The molecule has 0 radical (unpaired) electrons. The zero-order chi connectivity index (χ0) is 18.2. The molecule has 132 valence electrons. The number of fused-ring (bicyclic) bond motifs is 1. The Hall–Kier alpha value is -2.16. The summed E-state index contributed by atoms with van der Waals surface area (Å²) in [4.78, 5) is 4.53. The zero-order valence-electron chi connectivity index (χ0n) is 13.9. The third kappa shape index (κ3) is 3.08. The molecule has 0 aliphatic heterocycles. The molecule has 0 amide bonds. The van der Waals surface area contributed by atoms with Crippen LogP contribution in [0.4, 0.5) is 5.82 Å². The van der Waals surface area contributed by atoms with E-state index in [1.165, 1.54) is 16.6 Å². The maximum absolute atomic E-state index is 13.2. The Labute approximate surface area is 150 Å². The van der Waals surface area contributed by atoms with Crippen molar-refractivity contribution in [3.05, 3.63) is 46.7 Å². The van der Waals surface area contributed by atoms with Gasteiger partial charge in [-0.2, -0.15) is 0 Å². The van der Waals surface area contributed by atoms with Gasteiger partial charge in [-0.15, -0.1) is 5.10 Å². The number of aromatic nitrogens is 3. The molecule has 3 aromatic rings. The minimum atomic E-state index is -3.87. The van der Waals surface area contributed by atoms with Crippen molar-refractivity contribution in [2.45, 2.75) is 23.3 Å². The molecule has 0 fully saturated rings. The smallest absolute Gasteiger partial charge is 0.214 e. The maximum Gasteiger partial charge on any atom is 0.214 e. The molecule has 1 aromatic carbocycles. The molecule has 9 heteroatoms. The molecule has 0 bridgehead atoms. The van der Waals surface area contributed by atoms with Gasteiger partial charge in [-0.3, -0.25) is 0 Å². The van der Waals surface area contributed by atoms with Crippen LogP contribution in [0.3, 0.4) is 0 Å². The molecule has 0 aliphatic carbocycles. The Morgan fingerprint density at radius 2 is 2.08 bits per heavy atom.